The topological polar surface area (TPSA) is 96.7 Å². The number of nitrogens with zero attached hydrogens (tertiary/aromatic N) is 2. The van der Waals surface area contributed by atoms with Crippen molar-refractivity contribution < 1.29 is 4.79 Å². The first-order chi connectivity index (χ1) is 6.74. The number of thioether (sulfide) groups is 1. The predicted molar refractivity (Wildman–Crippen MR) is 53.8 cm³/mol. The van der Waals surface area contributed by atoms with Crippen molar-refractivity contribution in [2.75, 3.05) is 12.3 Å². The first kappa shape index (κ1) is 11.0. The Balaban J connectivity index is 2.37. The van der Waals surface area contributed by atoms with E-state index in [1.54, 1.807) is 0 Å². The third-order valence-corrected chi connectivity index (χ3v) is 2.54. The van der Waals surface area contributed by atoms with Gasteiger partial charge in [-0.25, -0.2) is 4.98 Å². The second kappa shape index (κ2) is 5.61. The van der Waals surface area contributed by atoms with Crippen LogP contribution in [0.1, 0.15) is 6.92 Å². The number of nitrogens with two attached hydrogens (primary N) is 1. The Hall–Kier alpha value is -1.08. The van der Waals surface area contributed by atoms with E-state index in [4.69, 9.17) is 5.73 Å². The quantitative estimate of drug-likeness (QED) is 0.548. The molecule has 0 radical (unpaired) electrons. The largest absolute Gasteiger partial charge is 0.368 e. The van der Waals surface area contributed by atoms with Crippen molar-refractivity contribution >= 4 is 17.7 Å². The van der Waals surface area contributed by atoms with Crippen molar-refractivity contribution in [3.63, 3.8) is 0 Å². The molecular weight excluding hydrogens is 202 g/mol. The summed E-state index contributed by atoms with van der Waals surface area (Å²) < 4.78 is 0. The summed E-state index contributed by atoms with van der Waals surface area (Å²) in [5.41, 5.74) is 5.20. The van der Waals surface area contributed by atoms with E-state index in [1.807, 2.05) is 6.92 Å². The van der Waals surface area contributed by atoms with Gasteiger partial charge < -0.3 is 11.1 Å². The summed E-state index contributed by atoms with van der Waals surface area (Å²) in [6.45, 7) is 2.64. The summed E-state index contributed by atoms with van der Waals surface area (Å²) in [6.07, 6.45) is 1.43. The molecule has 1 rings (SSSR count). The summed E-state index contributed by atoms with van der Waals surface area (Å²) in [5, 5.41) is 10.1. The summed E-state index contributed by atoms with van der Waals surface area (Å²) in [4.78, 5) is 14.9. The summed E-state index contributed by atoms with van der Waals surface area (Å²) in [7, 11) is 0. The number of aromatic amines is 1. The third-order valence-electron chi connectivity index (χ3n) is 1.57. The molecule has 1 unspecified atom stereocenters. The zero-order valence-electron chi connectivity index (χ0n) is 7.86. The van der Waals surface area contributed by atoms with Gasteiger partial charge in [-0.05, 0) is 6.54 Å². The lowest BCUT2D eigenvalue weighted by molar-refractivity contribution is -0.119. The molecule has 0 bridgehead atoms. The standard InChI is InChI=1S/C7H13N5OS/c1-2-9-5(6(8)13)3-14-7-10-4-11-12-7/h4-5,9H,2-3H2,1H3,(H2,8,13)(H,10,11,12). The summed E-state index contributed by atoms with van der Waals surface area (Å²) in [5.74, 6) is 0.206. The van der Waals surface area contributed by atoms with Crippen LogP contribution in [0.2, 0.25) is 0 Å². The molecule has 1 amide bonds. The fourth-order valence-corrected chi connectivity index (χ4v) is 1.76. The minimum absolute atomic E-state index is 0.324. The average Bonchev–Trinajstić information content (AvgIpc) is 2.64. The smallest absolute Gasteiger partial charge is 0.235 e. The molecule has 1 aromatic heterocycles. The minimum atomic E-state index is -0.348. The van der Waals surface area contributed by atoms with Gasteiger partial charge in [0.1, 0.15) is 6.33 Å². The molecule has 6 nitrogen and oxygen atoms in total. The Bertz CT molecular complexity index is 276. The molecule has 0 saturated carbocycles. The summed E-state index contributed by atoms with van der Waals surface area (Å²) >= 11 is 1.41. The number of aromatic nitrogens is 3. The van der Waals surface area contributed by atoms with E-state index in [0.29, 0.717) is 17.5 Å². The highest BCUT2D eigenvalue weighted by molar-refractivity contribution is 7.99. The van der Waals surface area contributed by atoms with Crippen LogP contribution in [0.5, 0.6) is 0 Å². The Kier molecular flexibility index (Phi) is 4.41. The normalized spacial score (nSPS) is 12.6. The first-order valence-electron chi connectivity index (χ1n) is 4.25. The maximum Gasteiger partial charge on any atom is 0.235 e. The Morgan fingerprint density at radius 2 is 2.64 bits per heavy atom. The van der Waals surface area contributed by atoms with Crippen LogP contribution in [-0.2, 0) is 4.79 Å². The van der Waals surface area contributed by atoms with E-state index in [-0.39, 0.29) is 11.9 Å². The highest BCUT2D eigenvalue weighted by Crippen LogP contribution is 2.11. The third kappa shape index (κ3) is 3.35. The highest BCUT2D eigenvalue weighted by atomic mass is 32.2. The number of nitrogens with one attached hydrogen (secondary N) is 2. The lowest BCUT2D eigenvalue weighted by Gasteiger charge is -2.11. The van der Waals surface area contributed by atoms with Crippen LogP contribution in [0, 0.1) is 0 Å². The van der Waals surface area contributed by atoms with Crippen LogP contribution in [0.3, 0.4) is 0 Å². The zero-order valence-corrected chi connectivity index (χ0v) is 8.67. The molecule has 0 aromatic carbocycles. The van der Waals surface area contributed by atoms with Gasteiger partial charge in [0.15, 0.2) is 5.16 Å². The van der Waals surface area contributed by atoms with Crippen molar-refractivity contribution in [1.82, 2.24) is 20.5 Å². The zero-order chi connectivity index (χ0) is 10.4. The molecule has 4 N–H and O–H groups in total. The molecule has 0 aliphatic rings. The van der Waals surface area contributed by atoms with Gasteiger partial charge >= 0.3 is 0 Å². The van der Waals surface area contributed by atoms with Crippen molar-refractivity contribution in [2.45, 2.75) is 18.1 Å². The Morgan fingerprint density at radius 3 is 3.14 bits per heavy atom. The summed E-state index contributed by atoms with van der Waals surface area (Å²) in [6, 6.07) is -0.324. The van der Waals surface area contributed by atoms with Crippen LogP contribution in [-0.4, -0.2) is 39.4 Å². The van der Waals surface area contributed by atoms with Gasteiger partial charge in [0.05, 0.1) is 6.04 Å². The number of rotatable bonds is 6. The lowest BCUT2D eigenvalue weighted by Crippen LogP contribution is -2.43. The Morgan fingerprint density at radius 1 is 1.86 bits per heavy atom. The van der Waals surface area contributed by atoms with Crippen molar-refractivity contribution in [1.29, 1.82) is 0 Å². The van der Waals surface area contributed by atoms with Gasteiger partial charge in [-0.2, -0.15) is 5.10 Å². The number of hydrogen-bond donors (Lipinski definition) is 3. The van der Waals surface area contributed by atoms with Crippen LogP contribution in [0.4, 0.5) is 0 Å². The van der Waals surface area contributed by atoms with Gasteiger partial charge in [-0.1, -0.05) is 18.7 Å². The van der Waals surface area contributed by atoms with Crippen LogP contribution < -0.4 is 11.1 Å². The van der Waals surface area contributed by atoms with Gasteiger partial charge in [0.25, 0.3) is 0 Å². The molecule has 14 heavy (non-hydrogen) atoms. The maximum absolute atomic E-state index is 10.9. The highest BCUT2D eigenvalue weighted by Gasteiger charge is 2.14. The van der Waals surface area contributed by atoms with Gasteiger partial charge in [0.2, 0.25) is 5.91 Å². The van der Waals surface area contributed by atoms with Crippen LogP contribution in [0.15, 0.2) is 11.5 Å². The molecule has 78 valence electrons. The van der Waals surface area contributed by atoms with Crippen LogP contribution >= 0.6 is 11.8 Å². The molecule has 0 aliphatic heterocycles. The van der Waals surface area contributed by atoms with E-state index in [1.165, 1.54) is 18.1 Å². The van der Waals surface area contributed by atoms with E-state index in [9.17, 15) is 4.79 Å². The number of H-pyrrole nitrogens is 1. The van der Waals surface area contributed by atoms with Crippen LogP contribution in [0.25, 0.3) is 0 Å². The van der Waals surface area contributed by atoms with Crippen molar-refractivity contribution in [3.8, 4) is 0 Å². The monoisotopic (exact) mass is 215 g/mol. The first-order valence-corrected chi connectivity index (χ1v) is 5.23. The fraction of sp³-hybridized carbons (Fsp3) is 0.571. The lowest BCUT2D eigenvalue weighted by atomic mass is 10.3. The number of carbonyl (C=O) groups excluding carboxylic acids is 1. The predicted octanol–water partition coefficient (Wildman–Crippen LogP) is -0.640. The molecule has 0 spiro atoms. The Labute approximate surface area is 86.0 Å². The molecule has 0 saturated heterocycles. The molecule has 0 fully saturated rings. The molecule has 1 atom stereocenters. The van der Waals surface area contributed by atoms with E-state index in [0.717, 1.165) is 0 Å². The van der Waals surface area contributed by atoms with Gasteiger partial charge in [-0.3, -0.25) is 9.89 Å². The van der Waals surface area contributed by atoms with Crippen molar-refractivity contribution in [2.24, 2.45) is 5.73 Å². The maximum atomic E-state index is 10.9. The molecule has 7 heteroatoms. The second-order valence-electron chi connectivity index (χ2n) is 2.61. The number of hydrogen-bond acceptors (Lipinski definition) is 5. The number of amides is 1. The SMILES string of the molecule is CCNC(CSc1ncn[nH]1)C(N)=O. The molecule has 1 aromatic rings. The van der Waals surface area contributed by atoms with E-state index < -0.39 is 0 Å². The molecule has 1 heterocycles. The molecule has 0 aliphatic carbocycles. The average molecular weight is 215 g/mol. The number of carbonyl (C=O) groups is 1. The van der Waals surface area contributed by atoms with Crippen molar-refractivity contribution in [3.05, 3.63) is 6.33 Å². The minimum Gasteiger partial charge on any atom is -0.368 e. The second-order valence-corrected chi connectivity index (χ2v) is 3.62. The van der Waals surface area contributed by atoms with E-state index >= 15 is 0 Å². The molecular formula is C7H13N5OS. The fourth-order valence-electron chi connectivity index (χ4n) is 0.914. The van der Waals surface area contributed by atoms with Gasteiger partial charge in [0, 0.05) is 5.75 Å². The number of primary amides is 1. The van der Waals surface area contributed by atoms with Gasteiger partial charge in [-0.15, -0.1) is 0 Å². The van der Waals surface area contributed by atoms with E-state index in [2.05, 4.69) is 20.5 Å². The number of likely N-dealkylation sites (N-methyl/N-ethyl adjacent to an activating group) is 1.